The van der Waals surface area contributed by atoms with E-state index in [1.54, 1.807) is 18.2 Å². The van der Waals surface area contributed by atoms with Crippen LogP contribution in [0.1, 0.15) is 31.4 Å². The fourth-order valence-corrected chi connectivity index (χ4v) is 3.52. The molecule has 29 heavy (non-hydrogen) atoms. The standard InChI is InChI=1S/C21H20N2O5S/c1-3-14(2)28-18-7-5-4-6-16(18)12-19-20(24)22(21(25)29-19)13-15-8-10-17(11-9-15)23(26)27/h4-12,14H,3,13H2,1-2H3/b19-12+/t14-/m0/s1. The van der Waals surface area contributed by atoms with Gasteiger partial charge in [0, 0.05) is 17.7 Å². The van der Waals surface area contributed by atoms with Crippen molar-refractivity contribution in [2.75, 3.05) is 0 Å². The molecular weight excluding hydrogens is 392 g/mol. The lowest BCUT2D eigenvalue weighted by Crippen LogP contribution is -2.27. The highest BCUT2D eigenvalue weighted by Crippen LogP contribution is 2.35. The summed E-state index contributed by atoms with van der Waals surface area (Å²) in [7, 11) is 0. The van der Waals surface area contributed by atoms with Crippen molar-refractivity contribution in [2.24, 2.45) is 0 Å². The normalized spacial score (nSPS) is 16.3. The van der Waals surface area contributed by atoms with E-state index in [1.165, 1.54) is 12.1 Å². The molecule has 0 aliphatic carbocycles. The zero-order chi connectivity index (χ0) is 21.0. The van der Waals surface area contributed by atoms with E-state index < -0.39 is 10.8 Å². The highest BCUT2D eigenvalue weighted by Gasteiger charge is 2.35. The predicted molar refractivity (Wildman–Crippen MR) is 111 cm³/mol. The number of amides is 2. The van der Waals surface area contributed by atoms with Crippen molar-refractivity contribution in [3.05, 3.63) is 74.7 Å². The smallest absolute Gasteiger partial charge is 0.293 e. The minimum Gasteiger partial charge on any atom is -0.490 e. The molecule has 150 valence electrons. The largest absolute Gasteiger partial charge is 0.490 e. The van der Waals surface area contributed by atoms with Crippen molar-refractivity contribution in [1.29, 1.82) is 0 Å². The first-order valence-electron chi connectivity index (χ1n) is 9.13. The molecule has 0 spiro atoms. The predicted octanol–water partition coefficient (Wildman–Crippen LogP) is 5.01. The molecule has 8 heteroatoms. The molecule has 1 saturated heterocycles. The molecule has 2 amide bonds. The maximum absolute atomic E-state index is 12.8. The van der Waals surface area contributed by atoms with Crippen LogP contribution in [0.4, 0.5) is 10.5 Å². The van der Waals surface area contributed by atoms with E-state index in [2.05, 4.69) is 0 Å². The van der Waals surface area contributed by atoms with E-state index in [0.717, 1.165) is 28.6 Å². The van der Waals surface area contributed by atoms with Crippen molar-refractivity contribution in [2.45, 2.75) is 32.9 Å². The van der Waals surface area contributed by atoms with Crippen LogP contribution in [0.3, 0.4) is 0 Å². The summed E-state index contributed by atoms with van der Waals surface area (Å²) in [6.07, 6.45) is 2.54. The Labute approximate surface area is 172 Å². The lowest BCUT2D eigenvalue weighted by molar-refractivity contribution is -0.384. The second-order valence-electron chi connectivity index (χ2n) is 6.57. The number of benzene rings is 2. The minimum atomic E-state index is -0.494. The average molecular weight is 412 g/mol. The Morgan fingerprint density at radius 3 is 2.52 bits per heavy atom. The number of ether oxygens (including phenoxy) is 1. The van der Waals surface area contributed by atoms with Gasteiger partial charge in [-0.25, -0.2) is 0 Å². The molecule has 1 heterocycles. The quantitative estimate of drug-likeness (QED) is 0.361. The number of carbonyl (C=O) groups is 2. The number of imide groups is 1. The first-order valence-corrected chi connectivity index (χ1v) is 9.95. The number of nitro benzene ring substituents is 1. The zero-order valence-electron chi connectivity index (χ0n) is 16.0. The highest BCUT2D eigenvalue weighted by molar-refractivity contribution is 8.18. The van der Waals surface area contributed by atoms with Crippen LogP contribution in [-0.4, -0.2) is 27.1 Å². The first kappa shape index (κ1) is 20.6. The summed E-state index contributed by atoms with van der Waals surface area (Å²) >= 11 is 0.872. The Morgan fingerprint density at radius 2 is 1.86 bits per heavy atom. The Hall–Kier alpha value is -3.13. The second-order valence-corrected chi connectivity index (χ2v) is 7.56. The Bertz CT molecular complexity index is 971. The first-order chi connectivity index (χ1) is 13.9. The summed E-state index contributed by atoms with van der Waals surface area (Å²) in [5.41, 5.74) is 1.33. The van der Waals surface area contributed by atoms with Gasteiger partial charge in [0.2, 0.25) is 0 Å². The number of thioether (sulfide) groups is 1. The molecule has 2 aromatic carbocycles. The molecule has 1 atom stereocenters. The summed E-state index contributed by atoms with van der Waals surface area (Å²) in [5, 5.41) is 10.4. The van der Waals surface area contributed by atoms with Crippen molar-refractivity contribution < 1.29 is 19.2 Å². The lowest BCUT2D eigenvalue weighted by Gasteiger charge is -2.15. The van der Waals surface area contributed by atoms with Crippen LogP contribution < -0.4 is 4.74 Å². The van der Waals surface area contributed by atoms with Crippen LogP contribution in [0.5, 0.6) is 5.75 Å². The van der Waals surface area contributed by atoms with Gasteiger partial charge in [0.25, 0.3) is 16.8 Å². The van der Waals surface area contributed by atoms with E-state index in [-0.39, 0.29) is 23.6 Å². The molecule has 0 N–H and O–H groups in total. The Balaban J connectivity index is 1.79. The van der Waals surface area contributed by atoms with E-state index in [1.807, 2.05) is 38.1 Å². The molecule has 3 rings (SSSR count). The van der Waals surface area contributed by atoms with Crippen molar-refractivity contribution >= 4 is 34.7 Å². The maximum atomic E-state index is 12.8. The van der Waals surface area contributed by atoms with Gasteiger partial charge in [0.15, 0.2) is 0 Å². The molecule has 7 nitrogen and oxygen atoms in total. The molecule has 0 saturated carbocycles. The van der Waals surface area contributed by atoms with Gasteiger partial charge in [-0.05, 0) is 42.8 Å². The number of hydrogen-bond donors (Lipinski definition) is 0. The molecule has 0 aromatic heterocycles. The van der Waals surface area contributed by atoms with Gasteiger partial charge in [0.1, 0.15) is 5.75 Å². The summed E-state index contributed by atoms with van der Waals surface area (Å²) in [6.45, 7) is 4.05. The Kier molecular flexibility index (Phi) is 6.33. The topological polar surface area (TPSA) is 89.8 Å². The number of non-ortho nitro benzene ring substituents is 1. The summed E-state index contributed by atoms with van der Waals surface area (Å²) in [4.78, 5) is 36.8. The average Bonchev–Trinajstić information content (AvgIpc) is 2.97. The number of carbonyl (C=O) groups excluding carboxylic acids is 2. The highest BCUT2D eigenvalue weighted by atomic mass is 32.2. The van der Waals surface area contributed by atoms with E-state index in [4.69, 9.17) is 4.74 Å². The van der Waals surface area contributed by atoms with Gasteiger partial charge in [-0.3, -0.25) is 24.6 Å². The van der Waals surface area contributed by atoms with Gasteiger partial charge < -0.3 is 4.74 Å². The number of hydrogen-bond acceptors (Lipinski definition) is 6. The summed E-state index contributed by atoms with van der Waals surface area (Å²) in [5.74, 6) is 0.265. The van der Waals surface area contributed by atoms with E-state index >= 15 is 0 Å². The minimum absolute atomic E-state index is 0.0294. The summed E-state index contributed by atoms with van der Waals surface area (Å²) < 4.78 is 5.90. The van der Waals surface area contributed by atoms with Crippen LogP contribution in [0.15, 0.2) is 53.4 Å². The van der Waals surface area contributed by atoms with Crippen LogP contribution in [0.25, 0.3) is 6.08 Å². The summed E-state index contributed by atoms with van der Waals surface area (Å²) in [6, 6.07) is 13.2. The third kappa shape index (κ3) is 4.83. The van der Waals surface area contributed by atoms with Gasteiger partial charge >= 0.3 is 0 Å². The Morgan fingerprint density at radius 1 is 1.17 bits per heavy atom. The zero-order valence-corrected chi connectivity index (χ0v) is 16.8. The second kappa shape index (κ2) is 8.91. The molecular formula is C21H20N2O5S. The SMILES string of the molecule is CC[C@H](C)Oc1ccccc1/C=C1/SC(=O)N(Cc2ccc([N+](=O)[O-])cc2)C1=O. The molecule has 1 aliphatic heterocycles. The fourth-order valence-electron chi connectivity index (χ4n) is 2.69. The lowest BCUT2D eigenvalue weighted by atomic mass is 10.1. The molecule has 2 aromatic rings. The van der Waals surface area contributed by atoms with Crippen LogP contribution >= 0.6 is 11.8 Å². The maximum Gasteiger partial charge on any atom is 0.293 e. The van der Waals surface area contributed by atoms with Gasteiger partial charge in [-0.1, -0.05) is 37.3 Å². The molecule has 0 bridgehead atoms. The van der Waals surface area contributed by atoms with Crippen molar-refractivity contribution in [3.8, 4) is 5.75 Å². The molecule has 1 aliphatic rings. The number of nitrogens with zero attached hydrogens (tertiary/aromatic N) is 2. The third-order valence-corrected chi connectivity index (χ3v) is 5.38. The number of rotatable bonds is 7. The number of nitro groups is 1. The van der Waals surface area contributed by atoms with Gasteiger partial charge in [-0.2, -0.15) is 0 Å². The van der Waals surface area contributed by atoms with E-state index in [9.17, 15) is 19.7 Å². The van der Waals surface area contributed by atoms with Gasteiger partial charge in [-0.15, -0.1) is 0 Å². The molecule has 1 fully saturated rings. The molecule has 0 unspecified atom stereocenters. The van der Waals surface area contributed by atoms with E-state index in [0.29, 0.717) is 16.2 Å². The van der Waals surface area contributed by atoms with Crippen LogP contribution in [0.2, 0.25) is 0 Å². The number of para-hydroxylation sites is 1. The van der Waals surface area contributed by atoms with Gasteiger partial charge in [0.05, 0.1) is 22.5 Å². The monoisotopic (exact) mass is 412 g/mol. The third-order valence-electron chi connectivity index (χ3n) is 4.47. The fraction of sp³-hybridized carbons (Fsp3) is 0.238. The van der Waals surface area contributed by atoms with Crippen LogP contribution in [-0.2, 0) is 11.3 Å². The van der Waals surface area contributed by atoms with Crippen molar-refractivity contribution in [1.82, 2.24) is 4.90 Å². The van der Waals surface area contributed by atoms with Crippen LogP contribution in [0, 0.1) is 10.1 Å². The van der Waals surface area contributed by atoms with Crippen molar-refractivity contribution in [3.63, 3.8) is 0 Å². The molecule has 0 radical (unpaired) electrons.